The fourth-order valence-corrected chi connectivity index (χ4v) is 9.57. The molecule has 104 valence electrons. The Kier molecular flexibility index (Phi) is 1.66. The summed E-state index contributed by atoms with van der Waals surface area (Å²) >= 11 is 0. The van der Waals surface area contributed by atoms with Gasteiger partial charge in [0.2, 0.25) is 0 Å². The average Bonchev–Trinajstić information content (AvgIpc) is 3.15. The summed E-state index contributed by atoms with van der Waals surface area (Å²) in [5.41, 5.74) is 0.712. The summed E-state index contributed by atoms with van der Waals surface area (Å²) in [6, 6.07) is 0. The van der Waals surface area contributed by atoms with E-state index in [9.17, 15) is 0 Å². The third kappa shape index (κ3) is 0.940. The Morgan fingerprint density at radius 1 is 0.632 bits per heavy atom. The highest BCUT2D eigenvalue weighted by Crippen LogP contribution is 2.79. The number of rotatable bonds is 0. The minimum Gasteiger partial charge on any atom is -0.0594 e. The number of hydrogen-bond acceptors (Lipinski definition) is 0. The van der Waals surface area contributed by atoms with E-state index in [0.29, 0.717) is 5.41 Å². The molecule has 6 aliphatic rings. The Hall–Kier alpha value is 0. The van der Waals surface area contributed by atoms with Crippen molar-refractivity contribution in [3.63, 3.8) is 0 Å². The van der Waals surface area contributed by atoms with Crippen molar-refractivity contribution < 1.29 is 0 Å². The molecule has 6 rings (SSSR count). The zero-order valence-corrected chi connectivity index (χ0v) is 12.5. The molecule has 6 bridgehead atoms. The first-order chi connectivity index (χ1) is 9.18. The van der Waals surface area contributed by atoms with Gasteiger partial charge in [-0.2, -0.15) is 0 Å². The van der Waals surface area contributed by atoms with Crippen molar-refractivity contribution in [3.8, 4) is 0 Å². The highest BCUT2D eigenvalue weighted by molar-refractivity contribution is 5.21. The van der Waals surface area contributed by atoms with Crippen molar-refractivity contribution in [1.29, 1.82) is 0 Å². The first-order valence-corrected chi connectivity index (χ1v) is 9.18. The highest BCUT2D eigenvalue weighted by atomic mass is 14.8. The van der Waals surface area contributed by atoms with Crippen LogP contribution in [0.2, 0.25) is 0 Å². The maximum absolute atomic E-state index is 2.64. The zero-order chi connectivity index (χ0) is 12.5. The molecule has 0 spiro atoms. The number of hydrogen-bond donors (Lipinski definition) is 0. The summed E-state index contributed by atoms with van der Waals surface area (Å²) in [4.78, 5) is 0. The summed E-state index contributed by atoms with van der Waals surface area (Å²) in [7, 11) is 0. The molecular formula is C19H28. The second-order valence-electron chi connectivity index (χ2n) is 9.82. The van der Waals surface area contributed by atoms with Crippen molar-refractivity contribution >= 4 is 0 Å². The van der Waals surface area contributed by atoms with E-state index in [2.05, 4.69) is 13.8 Å². The van der Waals surface area contributed by atoms with Gasteiger partial charge in [0.1, 0.15) is 0 Å². The molecule has 0 aromatic heterocycles. The maximum Gasteiger partial charge on any atom is -0.0292 e. The van der Waals surface area contributed by atoms with Gasteiger partial charge < -0.3 is 0 Å². The van der Waals surface area contributed by atoms with E-state index < -0.39 is 0 Å². The van der Waals surface area contributed by atoms with Crippen LogP contribution in [0.15, 0.2) is 0 Å². The van der Waals surface area contributed by atoms with Gasteiger partial charge >= 0.3 is 0 Å². The van der Waals surface area contributed by atoms with Crippen molar-refractivity contribution in [3.05, 3.63) is 0 Å². The molecule has 10 unspecified atom stereocenters. The second-order valence-corrected chi connectivity index (χ2v) is 9.82. The van der Waals surface area contributed by atoms with Crippen LogP contribution in [0, 0.1) is 64.6 Å². The molecule has 0 nitrogen and oxygen atoms in total. The van der Waals surface area contributed by atoms with Crippen molar-refractivity contribution in [2.24, 2.45) is 64.6 Å². The number of fused-ring (bicyclic) bond motifs is 16. The van der Waals surface area contributed by atoms with Gasteiger partial charge in [-0.1, -0.05) is 13.8 Å². The monoisotopic (exact) mass is 256 g/mol. The normalized spacial score (nSPS) is 69.8. The van der Waals surface area contributed by atoms with Crippen LogP contribution in [0.25, 0.3) is 0 Å². The third-order valence-corrected chi connectivity index (χ3v) is 9.64. The van der Waals surface area contributed by atoms with Crippen LogP contribution in [0.4, 0.5) is 0 Å². The van der Waals surface area contributed by atoms with Crippen molar-refractivity contribution in [2.75, 3.05) is 0 Å². The van der Waals surface area contributed by atoms with E-state index in [1.807, 2.05) is 0 Å². The van der Waals surface area contributed by atoms with Gasteiger partial charge in [0.15, 0.2) is 0 Å². The lowest BCUT2D eigenvalue weighted by Gasteiger charge is -2.45. The quantitative estimate of drug-likeness (QED) is 0.556. The molecule has 0 aromatic carbocycles. The molecule has 0 aromatic rings. The van der Waals surface area contributed by atoms with Gasteiger partial charge in [0, 0.05) is 0 Å². The first-order valence-electron chi connectivity index (χ1n) is 9.18. The summed E-state index contributed by atoms with van der Waals surface area (Å²) in [6.45, 7) is 5.27. The fourth-order valence-electron chi connectivity index (χ4n) is 9.57. The van der Waals surface area contributed by atoms with E-state index in [-0.39, 0.29) is 0 Å². The molecule has 6 fully saturated rings. The van der Waals surface area contributed by atoms with Gasteiger partial charge in [-0.25, -0.2) is 0 Å². The predicted molar refractivity (Wildman–Crippen MR) is 76.4 cm³/mol. The third-order valence-electron chi connectivity index (χ3n) is 9.64. The van der Waals surface area contributed by atoms with E-state index in [4.69, 9.17) is 0 Å². The predicted octanol–water partition coefficient (Wildman–Crippen LogP) is 4.60. The Morgan fingerprint density at radius 3 is 1.68 bits per heavy atom. The average molecular weight is 256 g/mol. The van der Waals surface area contributed by atoms with Crippen LogP contribution in [-0.4, -0.2) is 0 Å². The molecule has 6 saturated carbocycles. The molecule has 0 aliphatic heterocycles. The molecule has 0 N–H and O–H groups in total. The molecule has 0 heteroatoms. The highest BCUT2D eigenvalue weighted by Gasteiger charge is 2.73. The van der Waals surface area contributed by atoms with Crippen LogP contribution in [0.5, 0.6) is 0 Å². The SMILES string of the molecule is CC1(C)C2CCC1C1C3CC(C4C5CCC(C5)C34)C12. The minimum absolute atomic E-state index is 0.712. The summed E-state index contributed by atoms with van der Waals surface area (Å²) in [6.07, 6.45) is 9.75. The van der Waals surface area contributed by atoms with Crippen molar-refractivity contribution in [2.45, 2.75) is 52.4 Å². The van der Waals surface area contributed by atoms with Gasteiger partial charge in [-0.05, 0) is 103 Å². The minimum atomic E-state index is 0.712. The molecule has 0 radical (unpaired) electrons. The molecular weight excluding hydrogens is 228 g/mol. The maximum atomic E-state index is 2.64. The Morgan fingerprint density at radius 2 is 1.16 bits per heavy atom. The smallest absolute Gasteiger partial charge is 0.0292 e. The lowest BCUT2D eigenvalue weighted by Crippen LogP contribution is -2.40. The van der Waals surface area contributed by atoms with Crippen LogP contribution in [0.1, 0.15) is 52.4 Å². The largest absolute Gasteiger partial charge is 0.0594 e. The van der Waals surface area contributed by atoms with E-state index in [1.165, 1.54) is 47.3 Å². The molecule has 0 saturated heterocycles. The fraction of sp³-hybridized carbons (Fsp3) is 1.00. The zero-order valence-electron chi connectivity index (χ0n) is 12.5. The molecule has 0 heterocycles. The van der Waals surface area contributed by atoms with E-state index >= 15 is 0 Å². The molecule has 10 atom stereocenters. The first kappa shape index (κ1) is 10.7. The summed E-state index contributed by atoms with van der Waals surface area (Å²) in [5, 5.41) is 0. The van der Waals surface area contributed by atoms with Gasteiger partial charge in [-0.3, -0.25) is 0 Å². The van der Waals surface area contributed by atoms with Crippen LogP contribution >= 0.6 is 0 Å². The van der Waals surface area contributed by atoms with E-state index in [1.54, 1.807) is 38.5 Å². The summed E-state index contributed by atoms with van der Waals surface area (Å²) in [5.74, 6) is 11.9. The molecule has 6 aliphatic carbocycles. The second kappa shape index (κ2) is 2.95. The van der Waals surface area contributed by atoms with Crippen LogP contribution in [-0.2, 0) is 0 Å². The van der Waals surface area contributed by atoms with Crippen molar-refractivity contribution in [1.82, 2.24) is 0 Å². The molecule has 0 amide bonds. The lowest BCUT2D eigenvalue weighted by atomic mass is 9.60. The van der Waals surface area contributed by atoms with Gasteiger partial charge in [-0.15, -0.1) is 0 Å². The summed E-state index contributed by atoms with van der Waals surface area (Å²) < 4.78 is 0. The van der Waals surface area contributed by atoms with Gasteiger partial charge in [0.05, 0.1) is 0 Å². The Balaban J connectivity index is 1.47. The van der Waals surface area contributed by atoms with Crippen LogP contribution < -0.4 is 0 Å². The Labute approximate surface area is 117 Å². The van der Waals surface area contributed by atoms with E-state index in [0.717, 1.165) is 11.8 Å². The topological polar surface area (TPSA) is 0 Å². The molecule has 19 heavy (non-hydrogen) atoms. The lowest BCUT2D eigenvalue weighted by molar-refractivity contribution is 0.0263. The Bertz CT molecular complexity index is 411. The van der Waals surface area contributed by atoms with Gasteiger partial charge in [0.25, 0.3) is 0 Å². The standard InChI is InChI=1S/C19H28/c1-19(2)13-5-6-14(19)18-12-8-11(17(13)18)15-9-3-4-10(7-9)16(12)15/h9-18H,3-8H2,1-2H3. The van der Waals surface area contributed by atoms with Crippen LogP contribution in [0.3, 0.4) is 0 Å².